The summed E-state index contributed by atoms with van der Waals surface area (Å²) in [6, 6.07) is 18.5. The average molecular weight is 424 g/mol. The van der Waals surface area contributed by atoms with Crippen molar-refractivity contribution in [3.63, 3.8) is 0 Å². The fraction of sp³-hybridized carbons (Fsp3) is 0.304. The van der Waals surface area contributed by atoms with Gasteiger partial charge in [0.25, 0.3) is 5.91 Å². The smallest absolute Gasteiger partial charge is 0.254 e. The highest BCUT2D eigenvalue weighted by Crippen LogP contribution is 2.28. The number of benzene rings is 2. The summed E-state index contributed by atoms with van der Waals surface area (Å²) < 4.78 is 1.09. The Balaban J connectivity index is 1.46. The lowest BCUT2D eigenvalue weighted by molar-refractivity contribution is 0.0498. The number of aryl methyl sites for hydroxylation is 1. The van der Waals surface area contributed by atoms with Crippen molar-refractivity contribution < 1.29 is 4.79 Å². The molecule has 0 bridgehead atoms. The summed E-state index contributed by atoms with van der Waals surface area (Å²) in [5.74, 6) is 0.976. The number of aromatic nitrogens is 1. The van der Waals surface area contributed by atoms with Crippen LogP contribution in [0.2, 0.25) is 0 Å². The van der Waals surface area contributed by atoms with E-state index >= 15 is 0 Å². The van der Waals surface area contributed by atoms with Crippen molar-refractivity contribution in [2.24, 2.45) is 0 Å². The first kappa shape index (κ1) is 20.1. The topological polar surface area (TPSA) is 36.4 Å². The number of hydrogen-bond acceptors (Lipinski definition) is 5. The monoisotopic (exact) mass is 423 g/mol. The van der Waals surface area contributed by atoms with Crippen LogP contribution in [0.25, 0.3) is 0 Å². The first-order valence-electron chi connectivity index (χ1n) is 9.78. The third-order valence-corrected chi connectivity index (χ3v) is 7.40. The third-order valence-electron chi connectivity index (χ3n) is 5.19. The second-order valence-electron chi connectivity index (χ2n) is 7.43. The van der Waals surface area contributed by atoms with Crippen molar-refractivity contribution in [3.05, 3.63) is 82.4 Å². The van der Waals surface area contributed by atoms with E-state index in [1.54, 1.807) is 23.1 Å². The second kappa shape index (κ2) is 9.11. The van der Waals surface area contributed by atoms with Crippen LogP contribution in [0.4, 0.5) is 0 Å². The van der Waals surface area contributed by atoms with Crippen molar-refractivity contribution in [1.82, 2.24) is 14.8 Å². The zero-order valence-corrected chi connectivity index (χ0v) is 18.4. The van der Waals surface area contributed by atoms with E-state index in [1.807, 2.05) is 42.2 Å². The van der Waals surface area contributed by atoms with Gasteiger partial charge >= 0.3 is 0 Å². The van der Waals surface area contributed by atoms with Crippen LogP contribution in [0.15, 0.2) is 64.3 Å². The predicted octanol–water partition coefficient (Wildman–Crippen LogP) is 4.87. The van der Waals surface area contributed by atoms with E-state index in [0.29, 0.717) is 0 Å². The van der Waals surface area contributed by atoms with Gasteiger partial charge < -0.3 is 9.80 Å². The highest BCUT2D eigenvalue weighted by Gasteiger charge is 2.30. The van der Waals surface area contributed by atoms with Gasteiger partial charge in [0.05, 0.1) is 6.04 Å². The molecule has 1 aliphatic heterocycles. The molecule has 1 saturated heterocycles. The quantitative estimate of drug-likeness (QED) is 0.549. The van der Waals surface area contributed by atoms with Gasteiger partial charge in [-0.3, -0.25) is 4.79 Å². The summed E-state index contributed by atoms with van der Waals surface area (Å²) in [4.78, 5) is 22.1. The molecule has 2 heterocycles. The minimum atomic E-state index is 0.0887. The standard InChI is InChI=1S/C23H25N3OS2/c1-17-15-28-23(24-17)29-16-18-8-10-20(11-9-18)22(27)26-13-12-25(2)14-21(26)19-6-4-3-5-7-19/h3-11,15,21H,12-14,16H2,1-2H3. The summed E-state index contributed by atoms with van der Waals surface area (Å²) in [5, 5.41) is 2.07. The predicted molar refractivity (Wildman–Crippen MR) is 121 cm³/mol. The number of likely N-dealkylation sites (N-methyl/N-ethyl adjacent to an activating group) is 1. The normalized spacial score (nSPS) is 17.4. The van der Waals surface area contributed by atoms with E-state index in [0.717, 1.165) is 41.0 Å². The Labute approximate surface area is 180 Å². The van der Waals surface area contributed by atoms with Crippen LogP contribution < -0.4 is 0 Å². The SMILES string of the molecule is Cc1csc(SCc2ccc(C(=O)N3CCN(C)CC3c3ccccc3)cc2)n1. The van der Waals surface area contributed by atoms with Gasteiger partial charge in [-0.1, -0.05) is 54.2 Å². The lowest BCUT2D eigenvalue weighted by Gasteiger charge is -2.40. The van der Waals surface area contributed by atoms with Gasteiger partial charge in [0.15, 0.2) is 0 Å². The number of piperazine rings is 1. The van der Waals surface area contributed by atoms with E-state index in [1.165, 1.54) is 11.1 Å². The maximum Gasteiger partial charge on any atom is 0.254 e. The van der Waals surface area contributed by atoms with E-state index in [4.69, 9.17) is 0 Å². The molecule has 1 fully saturated rings. The Morgan fingerprint density at radius 3 is 2.59 bits per heavy atom. The van der Waals surface area contributed by atoms with Crippen molar-refractivity contribution >= 4 is 29.0 Å². The Bertz CT molecular complexity index is 956. The molecule has 1 atom stereocenters. The molecule has 0 aliphatic carbocycles. The molecular formula is C23H25N3OS2. The van der Waals surface area contributed by atoms with Gasteiger partial charge in [-0.25, -0.2) is 4.98 Å². The maximum atomic E-state index is 13.3. The van der Waals surface area contributed by atoms with Crippen LogP contribution in [0.3, 0.4) is 0 Å². The van der Waals surface area contributed by atoms with Gasteiger partial charge in [-0.15, -0.1) is 11.3 Å². The number of thioether (sulfide) groups is 1. The summed E-state index contributed by atoms with van der Waals surface area (Å²) in [6.45, 7) is 4.52. The number of carbonyl (C=O) groups excluding carboxylic acids is 1. The molecule has 0 spiro atoms. The minimum Gasteiger partial charge on any atom is -0.329 e. The first-order valence-corrected chi connectivity index (χ1v) is 11.6. The molecule has 2 aromatic carbocycles. The Morgan fingerprint density at radius 2 is 1.90 bits per heavy atom. The molecule has 0 saturated carbocycles. The highest BCUT2D eigenvalue weighted by molar-refractivity contribution is 8.00. The molecule has 29 heavy (non-hydrogen) atoms. The van der Waals surface area contributed by atoms with Gasteiger partial charge in [0.2, 0.25) is 0 Å². The zero-order chi connectivity index (χ0) is 20.2. The number of amides is 1. The number of thiazole rings is 1. The van der Waals surface area contributed by atoms with Crippen LogP contribution in [-0.2, 0) is 5.75 Å². The van der Waals surface area contributed by atoms with Crippen LogP contribution in [0.1, 0.15) is 33.2 Å². The second-order valence-corrected chi connectivity index (χ2v) is 9.51. The minimum absolute atomic E-state index is 0.0887. The molecule has 3 aromatic rings. The molecule has 4 nitrogen and oxygen atoms in total. The molecular weight excluding hydrogens is 398 g/mol. The van der Waals surface area contributed by atoms with Crippen molar-refractivity contribution in [2.45, 2.75) is 23.1 Å². The molecule has 0 radical (unpaired) electrons. The van der Waals surface area contributed by atoms with E-state index in [2.05, 4.69) is 46.6 Å². The van der Waals surface area contributed by atoms with Crippen molar-refractivity contribution in [1.29, 1.82) is 0 Å². The van der Waals surface area contributed by atoms with Crippen molar-refractivity contribution in [3.8, 4) is 0 Å². The summed E-state index contributed by atoms with van der Waals surface area (Å²) in [6.07, 6.45) is 0. The Morgan fingerprint density at radius 1 is 1.14 bits per heavy atom. The lowest BCUT2D eigenvalue weighted by atomic mass is 10.0. The van der Waals surface area contributed by atoms with Crippen molar-refractivity contribution in [2.75, 3.05) is 26.7 Å². The molecule has 4 rings (SSSR count). The fourth-order valence-corrected chi connectivity index (χ4v) is 5.38. The summed E-state index contributed by atoms with van der Waals surface area (Å²) >= 11 is 3.42. The molecule has 1 aliphatic rings. The van der Waals surface area contributed by atoms with Gasteiger partial charge in [0.1, 0.15) is 4.34 Å². The molecule has 1 amide bonds. The zero-order valence-electron chi connectivity index (χ0n) is 16.7. The number of hydrogen-bond donors (Lipinski definition) is 0. The van der Waals surface area contributed by atoms with E-state index in [9.17, 15) is 4.79 Å². The maximum absolute atomic E-state index is 13.3. The van der Waals surface area contributed by atoms with Gasteiger partial charge in [-0.2, -0.15) is 0 Å². The van der Waals surface area contributed by atoms with Crippen LogP contribution in [0, 0.1) is 6.92 Å². The van der Waals surface area contributed by atoms with E-state index in [-0.39, 0.29) is 11.9 Å². The van der Waals surface area contributed by atoms with Crippen LogP contribution in [-0.4, -0.2) is 47.4 Å². The van der Waals surface area contributed by atoms with Crippen LogP contribution >= 0.6 is 23.1 Å². The summed E-state index contributed by atoms with van der Waals surface area (Å²) in [5.41, 5.74) is 4.23. The fourth-order valence-electron chi connectivity index (χ4n) is 3.58. The van der Waals surface area contributed by atoms with E-state index < -0.39 is 0 Å². The number of carbonyl (C=O) groups is 1. The lowest BCUT2D eigenvalue weighted by Crippen LogP contribution is -2.49. The van der Waals surface area contributed by atoms with Gasteiger partial charge in [0, 0.05) is 42.0 Å². The number of nitrogens with zero attached hydrogens (tertiary/aromatic N) is 3. The molecule has 1 aromatic heterocycles. The Kier molecular flexibility index (Phi) is 6.33. The van der Waals surface area contributed by atoms with Gasteiger partial charge in [-0.05, 0) is 37.2 Å². The summed E-state index contributed by atoms with van der Waals surface area (Å²) in [7, 11) is 2.12. The molecule has 150 valence electrons. The third kappa shape index (κ3) is 4.89. The molecule has 1 unspecified atom stereocenters. The molecule has 0 N–H and O–H groups in total. The molecule has 6 heteroatoms. The van der Waals surface area contributed by atoms with Crippen LogP contribution in [0.5, 0.6) is 0 Å². The first-order chi connectivity index (χ1) is 14.1. The average Bonchev–Trinajstić information content (AvgIpc) is 3.18. The largest absolute Gasteiger partial charge is 0.329 e. The number of rotatable bonds is 5. The highest BCUT2D eigenvalue weighted by atomic mass is 32.2. The Hall–Kier alpha value is -2.15.